The number of likely N-dealkylation sites (N-methyl/N-ethyl adjacent to an activating group) is 1. The molecule has 2 aromatic heterocycles. The van der Waals surface area contributed by atoms with Crippen LogP contribution in [-0.2, 0) is 54.3 Å². The highest BCUT2D eigenvalue weighted by Gasteiger charge is 2.63. The summed E-state index contributed by atoms with van der Waals surface area (Å²) in [5.41, 5.74) is 1.07. The van der Waals surface area contributed by atoms with Crippen LogP contribution in [0.5, 0.6) is 0 Å². The highest BCUT2D eigenvalue weighted by atomic mass is 19.1. The zero-order valence-corrected chi connectivity index (χ0v) is 36.1. The van der Waals surface area contributed by atoms with Crippen LogP contribution >= 0.6 is 0 Å². The SMILES string of the molecule is CC[C@@H]1OC(=O)[C@@](C)(F)C(=O)[C@H](C)[C@@H](OC2O[C@H](C)C[C@H](N(C)C)[C@H]2O)[C@](C)(OC)C[C@@H](C)C(=O)[C@H](C)[C@H]2[C@H](/C(N)=N/OCc3ncc(-c4ccon4)cn3)C(=O)O[C@@]21C. The van der Waals surface area contributed by atoms with Crippen molar-refractivity contribution in [1.29, 1.82) is 0 Å². The molecule has 0 bridgehead atoms. The Labute approximate surface area is 349 Å². The van der Waals surface area contributed by atoms with E-state index in [1.165, 1.54) is 39.6 Å². The third kappa shape index (κ3) is 9.10. The third-order valence-electron chi connectivity index (χ3n) is 12.5. The minimum Gasteiger partial charge on any atom is -0.455 e. The molecule has 0 amide bonds. The van der Waals surface area contributed by atoms with Gasteiger partial charge < -0.3 is 48.8 Å². The average molecular weight is 847 g/mol. The fourth-order valence-electron chi connectivity index (χ4n) is 9.09. The smallest absolute Gasteiger partial charge is 0.351 e. The third-order valence-corrected chi connectivity index (χ3v) is 12.5. The van der Waals surface area contributed by atoms with Gasteiger partial charge in [0, 0.05) is 60.8 Å². The Balaban J connectivity index is 1.51. The Hall–Kier alpha value is -4.43. The minimum absolute atomic E-state index is 0.0140. The van der Waals surface area contributed by atoms with Crippen molar-refractivity contribution >= 4 is 29.3 Å². The molecule has 3 aliphatic heterocycles. The van der Waals surface area contributed by atoms with E-state index in [0.717, 1.165) is 6.92 Å². The number of ether oxygens (including phenoxy) is 5. The van der Waals surface area contributed by atoms with Crippen LogP contribution in [0.2, 0.25) is 0 Å². The number of rotatable bonds is 10. The topological polar surface area (TPSA) is 237 Å². The summed E-state index contributed by atoms with van der Waals surface area (Å²) >= 11 is 0. The second kappa shape index (κ2) is 18.3. The number of oxime groups is 1. The number of fused-ring (bicyclic) bond motifs is 1. The number of aromatic nitrogens is 3. The van der Waals surface area contributed by atoms with E-state index in [9.17, 15) is 24.3 Å². The molecular weight excluding hydrogens is 787 g/mol. The number of aliphatic hydroxyl groups excluding tert-OH is 1. The van der Waals surface area contributed by atoms with E-state index < -0.39 is 94.8 Å². The fraction of sp³-hybridized carbons (Fsp3) is 0.707. The Morgan fingerprint density at radius 2 is 1.75 bits per heavy atom. The maximum Gasteiger partial charge on any atom is 0.351 e. The molecule has 0 radical (unpaired) electrons. The summed E-state index contributed by atoms with van der Waals surface area (Å²) < 4.78 is 52.1. The summed E-state index contributed by atoms with van der Waals surface area (Å²) in [6.45, 7) is 11.7. The van der Waals surface area contributed by atoms with Crippen LogP contribution in [-0.4, -0.2) is 129 Å². The molecule has 3 N–H and O–H groups in total. The van der Waals surface area contributed by atoms with E-state index in [4.69, 9.17) is 38.8 Å². The highest BCUT2D eigenvalue weighted by molar-refractivity contribution is 6.08. The van der Waals surface area contributed by atoms with Crippen molar-refractivity contribution < 1.29 is 61.7 Å². The first-order valence-corrected chi connectivity index (χ1v) is 20.2. The molecular formula is C41H59FN6O12. The molecule has 60 heavy (non-hydrogen) atoms. The van der Waals surface area contributed by atoms with Crippen LogP contribution in [0.3, 0.4) is 0 Å². The van der Waals surface area contributed by atoms with Gasteiger partial charge in [0.1, 0.15) is 35.9 Å². The van der Waals surface area contributed by atoms with Crippen LogP contribution in [0.1, 0.15) is 80.5 Å². The van der Waals surface area contributed by atoms with Crippen LogP contribution in [0, 0.1) is 29.6 Å². The normalized spacial score (nSPS) is 38.6. The van der Waals surface area contributed by atoms with Gasteiger partial charge >= 0.3 is 11.9 Å². The Morgan fingerprint density at radius 3 is 2.33 bits per heavy atom. The number of esters is 2. The lowest BCUT2D eigenvalue weighted by Gasteiger charge is -2.47. The Bertz CT molecular complexity index is 1880. The molecule has 18 nitrogen and oxygen atoms in total. The summed E-state index contributed by atoms with van der Waals surface area (Å²) in [6.07, 6.45) is -0.748. The summed E-state index contributed by atoms with van der Waals surface area (Å²) in [6, 6.07) is 1.25. The zero-order chi connectivity index (χ0) is 44.5. The predicted octanol–water partition coefficient (Wildman–Crippen LogP) is 3.18. The van der Waals surface area contributed by atoms with Gasteiger partial charge in [-0.25, -0.2) is 19.2 Å². The molecule has 5 heterocycles. The van der Waals surface area contributed by atoms with Gasteiger partial charge in [0.15, 0.2) is 35.9 Å². The van der Waals surface area contributed by atoms with Crippen molar-refractivity contribution in [3.05, 3.63) is 30.5 Å². The Kier molecular flexibility index (Phi) is 14.2. The van der Waals surface area contributed by atoms with Gasteiger partial charge in [-0.2, -0.15) is 0 Å². The number of aliphatic hydroxyl groups is 1. The van der Waals surface area contributed by atoms with E-state index in [1.54, 1.807) is 47.9 Å². The van der Waals surface area contributed by atoms with Gasteiger partial charge in [0.25, 0.3) is 5.67 Å². The van der Waals surface area contributed by atoms with Gasteiger partial charge in [0.2, 0.25) is 0 Å². The van der Waals surface area contributed by atoms with Crippen LogP contribution < -0.4 is 5.73 Å². The number of halogens is 1. The van der Waals surface area contributed by atoms with Gasteiger partial charge in [-0.05, 0) is 61.1 Å². The predicted molar refractivity (Wildman–Crippen MR) is 210 cm³/mol. The molecule has 1 unspecified atom stereocenters. The number of nitrogens with zero attached hydrogens (tertiary/aromatic N) is 5. The molecule has 5 rings (SSSR count). The lowest BCUT2D eigenvalue weighted by molar-refractivity contribution is -0.295. The number of Topliss-reactive ketones (excluding diaryl/α,β-unsaturated/α-hetero) is 2. The van der Waals surface area contributed by atoms with Crippen molar-refractivity contribution in [3.63, 3.8) is 0 Å². The number of hydrogen-bond donors (Lipinski definition) is 2. The summed E-state index contributed by atoms with van der Waals surface area (Å²) in [5.74, 6) is -9.90. The quantitative estimate of drug-likeness (QED) is 0.115. The monoisotopic (exact) mass is 846 g/mol. The molecule has 0 saturated carbocycles. The molecule has 332 valence electrons. The van der Waals surface area contributed by atoms with Crippen molar-refractivity contribution in [2.24, 2.45) is 40.5 Å². The summed E-state index contributed by atoms with van der Waals surface area (Å²) in [7, 11) is 4.96. The van der Waals surface area contributed by atoms with Crippen molar-refractivity contribution in [3.8, 4) is 11.3 Å². The largest absolute Gasteiger partial charge is 0.455 e. The number of hydrogen-bond acceptors (Lipinski definition) is 17. The summed E-state index contributed by atoms with van der Waals surface area (Å²) in [4.78, 5) is 72.5. The van der Waals surface area contributed by atoms with Crippen molar-refractivity contribution in [2.75, 3.05) is 21.2 Å². The van der Waals surface area contributed by atoms with Gasteiger partial charge in [0.05, 0.1) is 17.8 Å². The first kappa shape index (κ1) is 46.6. The lowest BCUT2D eigenvalue weighted by atomic mass is 9.67. The standard InChI is InChI=1S/C41H59FN6O12/c1-12-27-41(8)30(29(36(52)60-41)35(43)47-56-19-28-44-17-24(18-45-28)25-13-14-55-46-25)22(4)31(49)20(2)16-39(6,54-11)34(23(5)33(51)40(7,42)38(53)58-27)59-37-32(50)26(48(9)10)15-21(3)57-37/h13-14,17-18,20-23,26-27,29-30,32,34,37,50H,12,15-16,19H2,1-11H3,(H2,43,47)/t20-,21-,22-,23+,26+,27+,29-,30+,32-,34-,37?,39-,40+,41-/m1/s1. The van der Waals surface area contributed by atoms with E-state index >= 15 is 4.39 Å². The lowest BCUT2D eigenvalue weighted by Crippen LogP contribution is -2.61. The van der Waals surface area contributed by atoms with E-state index in [1.807, 2.05) is 11.8 Å². The number of cyclic esters (lactones) is 1. The second-order valence-corrected chi connectivity index (χ2v) is 17.1. The van der Waals surface area contributed by atoms with Crippen molar-refractivity contribution in [2.45, 2.75) is 135 Å². The zero-order valence-electron chi connectivity index (χ0n) is 36.1. The van der Waals surface area contributed by atoms with Gasteiger partial charge in [-0.1, -0.05) is 38.0 Å². The highest BCUT2D eigenvalue weighted by Crippen LogP contribution is 2.48. The number of carbonyl (C=O) groups excluding carboxylic acids is 4. The number of nitrogens with two attached hydrogens (primary N) is 1. The molecule has 3 saturated heterocycles. The minimum atomic E-state index is -3.25. The molecule has 0 aliphatic carbocycles. The van der Waals surface area contributed by atoms with E-state index in [0.29, 0.717) is 17.7 Å². The maximum atomic E-state index is 16.9. The molecule has 19 heteroatoms. The molecule has 3 fully saturated rings. The number of amidine groups is 1. The first-order valence-electron chi connectivity index (χ1n) is 20.2. The summed E-state index contributed by atoms with van der Waals surface area (Å²) in [5, 5.41) is 19.3. The maximum absolute atomic E-state index is 16.9. The fourth-order valence-corrected chi connectivity index (χ4v) is 9.09. The number of methoxy groups -OCH3 is 1. The number of carbonyl (C=O) groups is 4. The van der Waals surface area contributed by atoms with E-state index in [-0.39, 0.29) is 43.0 Å². The van der Waals surface area contributed by atoms with Crippen LogP contribution in [0.25, 0.3) is 11.3 Å². The number of ketones is 2. The molecule has 14 atom stereocenters. The average Bonchev–Trinajstić information content (AvgIpc) is 3.84. The van der Waals surface area contributed by atoms with Crippen molar-refractivity contribution in [1.82, 2.24) is 20.0 Å². The van der Waals surface area contributed by atoms with Crippen LogP contribution in [0.15, 0.2) is 34.4 Å². The van der Waals surface area contributed by atoms with Crippen LogP contribution in [0.4, 0.5) is 4.39 Å². The first-order chi connectivity index (χ1) is 28.1. The molecule has 3 aliphatic rings. The molecule has 2 aromatic rings. The number of alkyl halides is 1. The second-order valence-electron chi connectivity index (χ2n) is 17.1. The Morgan fingerprint density at radius 1 is 1.08 bits per heavy atom. The molecule has 0 spiro atoms. The molecule has 0 aromatic carbocycles. The van der Waals surface area contributed by atoms with Gasteiger partial charge in [-0.3, -0.25) is 14.4 Å². The van der Waals surface area contributed by atoms with E-state index in [2.05, 4.69) is 20.3 Å². The van der Waals surface area contributed by atoms with Gasteiger partial charge in [-0.15, -0.1) is 0 Å².